The predicted octanol–water partition coefficient (Wildman–Crippen LogP) is 5.57. The van der Waals surface area contributed by atoms with Crippen LogP contribution in [0.3, 0.4) is 0 Å². The molecule has 1 aliphatic heterocycles. The third kappa shape index (κ3) is 4.48. The molecular weight excluding hydrogens is 489 g/mol. The zero-order valence-corrected chi connectivity index (χ0v) is 21.5. The summed E-state index contributed by atoms with van der Waals surface area (Å²) in [7, 11) is 1.43. The number of carbonyl (C=O) groups excluding carboxylic acids is 1. The summed E-state index contributed by atoms with van der Waals surface area (Å²) in [4.78, 5) is 28.2. The standard InChI is InChI=1S/C28H28FN5O2S/c1-36-28(35)24-18-8-2-7-13-23(18)37-27(24)32-25-26(31-21-11-5-4-10-20(21)30-25)34-16-14-33(15-17-34)22-12-6-3-9-19(22)29/h3-6,9-12H,2,7-8,13-17H2,1H3,(H,30,32). The second kappa shape index (κ2) is 9.97. The summed E-state index contributed by atoms with van der Waals surface area (Å²) in [6, 6.07) is 14.7. The summed E-state index contributed by atoms with van der Waals surface area (Å²) in [6.45, 7) is 2.66. The minimum atomic E-state index is -0.323. The van der Waals surface area contributed by atoms with Gasteiger partial charge >= 0.3 is 5.97 Å². The van der Waals surface area contributed by atoms with Crippen molar-refractivity contribution in [3.05, 3.63) is 70.4 Å². The molecule has 1 fully saturated rings. The average molecular weight is 518 g/mol. The number of benzene rings is 2. The van der Waals surface area contributed by atoms with E-state index in [1.54, 1.807) is 17.4 Å². The maximum atomic E-state index is 14.4. The Morgan fingerprint density at radius 1 is 0.946 bits per heavy atom. The lowest BCUT2D eigenvalue weighted by molar-refractivity contribution is 0.0601. The highest BCUT2D eigenvalue weighted by Crippen LogP contribution is 2.41. The van der Waals surface area contributed by atoms with Gasteiger partial charge in [0.05, 0.1) is 29.4 Å². The number of carbonyl (C=O) groups is 1. The monoisotopic (exact) mass is 517 g/mol. The molecule has 0 radical (unpaired) electrons. The van der Waals surface area contributed by atoms with Crippen molar-refractivity contribution in [1.29, 1.82) is 0 Å². The molecule has 2 aliphatic rings. The molecule has 0 atom stereocenters. The number of hydrogen-bond acceptors (Lipinski definition) is 8. The van der Waals surface area contributed by atoms with Crippen LogP contribution >= 0.6 is 11.3 Å². The molecule has 0 saturated carbocycles. The van der Waals surface area contributed by atoms with Gasteiger partial charge < -0.3 is 19.9 Å². The van der Waals surface area contributed by atoms with E-state index in [2.05, 4.69) is 15.1 Å². The Kier molecular flexibility index (Phi) is 6.38. The van der Waals surface area contributed by atoms with Gasteiger partial charge in [-0.05, 0) is 55.5 Å². The Bertz CT molecular complexity index is 1460. The van der Waals surface area contributed by atoms with Gasteiger partial charge in [-0.15, -0.1) is 11.3 Å². The number of piperazine rings is 1. The molecule has 2 aromatic carbocycles. The van der Waals surface area contributed by atoms with Gasteiger partial charge in [-0.1, -0.05) is 24.3 Å². The van der Waals surface area contributed by atoms with Crippen LogP contribution in [0.2, 0.25) is 0 Å². The molecule has 0 bridgehead atoms. The van der Waals surface area contributed by atoms with Crippen LogP contribution in [0.5, 0.6) is 0 Å². The van der Waals surface area contributed by atoms with E-state index in [-0.39, 0.29) is 11.8 Å². The zero-order chi connectivity index (χ0) is 25.4. The number of esters is 1. The highest BCUT2D eigenvalue weighted by Gasteiger charge is 2.28. The molecule has 2 aromatic heterocycles. The molecule has 37 heavy (non-hydrogen) atoms. The lowest BCUT2D eigenvalue weighted by Gasteiger charge is -2.37. The van der Waals surface area contributed by atoms with E-state index in [0.717, 1.165) is 53.1 Å². The Hall–Kier alpha value is -3.72. The maximum absolute atomic E-state index is 14.4. The summed E-state index contributed by atoms with van der Waals surface area (Å²) < 4.78 is 19.5. The molecule has 3 heterocycles. The van der Waals surface area contributed by atoms with E-state index in [0.29, 0.717) is 43.2 Å². The number of para-hydroxylation sites is 3. The summed E-state index contributed by atoms with van der Waals surface area (Å²) in [5.41, 5.74) is 3.92. The fourth-order valence-electron chi connectivity index (χ4n) is 5.24. The summed E-state index contributed by atoms with van der Waals surface area (Å²) in [6.07, 6.45) is 4.05. The number of thiophene rings is 1. The number of nitrogens with zero attached hydrogens (tertiary/aromatic N) is 4. The van der Waals surface area contributed by atoms with Crippen molar-refractivity contribution in [2.45, 2.75) is 25.7 Å². The van der Waals surface area contributed by atoms with E-state index in [1.807, 2.05) is 36.4 Å². The molecule has 6 rings (SSSR count). The van der Waals surface area contributed by atoms with E-state index in [9.17, 15) is 9.18 Å². The van der Waals surface area contributed by atoms with Crippen molar-refractivity contribution in [3.63, 3.8) is 0 Å². The largest absolute Gasteiger partial charge is 0.465 e. The predicted molar refractivity (Wildman–Crippen MR) is 146 cm³/mol. The first-order valence-corrected chi connectivity index (χ1v) is 13.4. The van der Waals surface area contributed by atoms with Crippen LogP contribution in [-0.4, -0.2) is 49.2 Å². The number of fused-ring (bicyclic) bond motifs is 2. The van der Waals surface area contributed by atoms with Crippen molar-refractivity contribution >= 4 is 50.7 Å². The van der Waals surface area contributed by atoms with E-state index < -0.39 is 0 Å². The summed E-state index contributed by atoms with van der Waals surface area (Å²) >= 11 is 1.61. The normalized spacial score (nSPS) is 15.5. The first-order chi connectivity index (χ1) is 18.1. The molecule has 190 valence electrons. The van der Waals surface area contributed by atoms with Gasteiger partial charge in [0.25, 0.3) is 0 Å². The van der Waals surface area contributed by atoms with Crippen LogP contribution in [0.25, 0.3) is 11.0 Å². The number of rotatable bonds is 5. The fourth-order valence-corrected chi connectivity index (χ4v) is 6.52. The molecule has 1 N–H and O–H groups in total. The first-order valence-electron chi connectivity index (χ1n) is 12.6. The number of aromatic nitrogens is 2. The number of hydrogen-bond donors (Lipinski definition) is 1. The Labute approximate surface area is 218 Å². The molecule has 4 aromatic rings. The average Bonchev–Trinajstić information content (AvgIpc) is 3.30. The second-order valence-corrected chi connectivity index (χ2v) is 10.4. The van der Waals surface area contributed by atoms with Gasteiger partial charge in [0.2, 0.25) is 0 Å². The van der Waals surface area contributed by atoms with E-state index in [1.165, 1.54) is 18.1 Å². The maximum Gasteiger partial charge on any atom is 0.341 e. The van der Waals surface area contributed by atoms with Gasteiger partial charge in [0.1, 0.15) is 10.8 Å². The van der Waals surface area contributed by atoms with Crippen LogP contribution in [0, 0.1) is 5.82 Å². The highest BCUT2D eigenvalue weighted by atomic mass is 32.1. The van der Waals surface area contributed by atoms with Crippen molar-refractivity contribution in [1.82, 2.24) is 9.97 Å². The minimum absolute atomic E-state index is 0.208. The molecule has 0 unspecified atom stereocenters. The molecular formula is C28H28FN5O2S. The number of halogens is 1. The summed E-state index contributed by atoms with van der Waals surface area (Å²) in [5.74, 6) is 0.812. The number of methoxy groups -OCH3 is 1. The molecule has 7 nitrogen and oxygen atoms in total. The van der Waals surface area contributed by atoms with Crippen LogP contribution in [0.15, 0.2) is 48.5 Å². The lowest BCUT2D eigenvalue weighted by atomic mass is 9.95. The van der Waals surface area contributed by atoms with Crippen molar-refractivity contribution < 1.29 is 13.9 Å². The number of ether oxygens (including phenoxy) is 1. The summed E-state index contributed by atoms with van der Waals surface area (Å²) in [5, 5.41) is 4.24. The highest BCUT2D eigenvalue weighted by molar-refractivity contribution is 7.16. The Morgan fingerprint density at radius 3 is 2.38 bits per heavy atom. The molecule has 0 amide bonds. The molecule has 1 aliphatic carbocycles. The Morgan fingerprint density at radius 2 is 1.62 bits per heavy atom. The smallest absolute Gasteiger partial charge is 0.341 e. The quantitative estimate of drug-likeness (QED) is 0.347. The van der Waals surface area contributed by atoms with E-state index >= 15 is 0 Å². The third-order valence-electron chi connectivity index (χ3n) is 7.12. The van der Waals surface area contributed by atoms with Gasteiger partial charge in [-0.2, -0.15) is 0 Å². The fraction of sp³-hybridized carbons (Fsp3) is 0.321. The molecule has 1 saturated heterocycles. The minimum Gasteiger partial charge on any atom is -0.465 e. The number of aryl methyl sites for hydroxylation is 1. The molecule has 9 heteroatoms. The van der Waals surface area contributed by atoms with Crippen LogP contribution in [0.4, 0.5) is 26.7 Å². The first kappa shape index (κ1) is 23.7. The van der Waals surface area contributed by atoms with Crippen LogP contribution in [-0.2, 0) is 17.6 Å². The topological polar surface area (TPSA) is 70.6 Å². The van der Waals surface area contributed by atoms with Gasteiger partial charge in [0, 0.05) is 31.1 Å². The second-order valence-electron chi connectivity index (χ2n) is 9.34. The van der Waals surface area contributed by atoms with Gasteiger partial charge in [0.15, 0.2) is 11.6 Å². The van der Waals surface area contributed by atoms with Crippen molar-refractivity contribution in [2.24, 2.45) is 0 Å². The van der Waals surface area contributed by atoms with E-state index in [4.69, 9.17) is 14.7 Å². The van der Waals surface area contributed by atoms with Crippen molar-refractivity contribution in [2.75, 3.05) is 48.4 Å². The van der Waals surface area contributed by atoms with Crippen molar-refractivity contribution in [3.8, 4) is 0 Å². The lowest BCUT2D eigenvalue weighted by Crippen LogP contribution is -2.47. The SMILES string of the molecule is COC(=O)c1c(Nc2nc3ccccc3nc2N2CCN(c3ccccc3F)CC2)sc2c1CCCC2. The van der Waals surface area contributed by atoms with Gasteiger partial charge in [-0.3, -0.25) is 0 Å². The zero-order valence-electron chi connectivity index (χ0n) is 20.7. The van der Waals surface area contributed by atoms with Gasteiger partial charge in [-0.25, -0.2) is 19.2 Å². The molecule has 0 spiro atoms. The number of anilines is 4. The van der Waals surface area contributed by atoms with Crippen LogP contribution < -0.4 is 15.1 Å². The Balaban J connectivity index is 1.35. The van der Waals surface area contributed by atoms with Crippen LogP contribution in [0.1, 0.15) is 33.6 Å². The number of nitrogens with one attached hydrogen (secondary N) is 1. The third-order valence-corrected chi connectivity index (χ3v) is 8.32.